The van der Waals surface area contributed by atoms with Gasteiger partial charge in [0.2, 0.25) is 0 Å². The van der Waals surface area contributed by atoms with E-state index in [4.69, 9.17) is 9.97 Å². The highest BCUT2D eigenvalue weighted by molar-refractivity contribution is 7.27. The number of unbranched alkanes of at least 4 members (excludes halogenated alkanes) is 9. The molecular formula is C36H46N2S4. The SMILES string of the molecule is CCCCCCc1csc(-c2cnc3c(-c4cc(CCCCCC)cs4)sc(-c4cc(CCCCCC)cs4)c3n2)c1. The molecule has 0 aromatic carbocycles. The molecule has 5 aromatic heterocycles. The van der Waals surface area contributed by atoms with Gasteiger partial charge in [-0.2, -0.15) is 0 Å². The summed E-state index contributed by atoms with van der Waals surface area (Å²) in [6.07, 6.45) is 21.2. The van der Waals surface area contributed by atoms with E-state index in [2.05, 4.69) is 55.1 Å². The van der Waals surface area contributed by atoms with Crippen LogP contribution in [0.4, 0.5) is 0 Å². The molecule has 2 nitrogen and oxygen atoms in total. The maximum atomic E-state index is 5.33. The van der Waals surface area contributed by atoms with Crippen LogP contribution >= 0.6 is 45.3 Å². The maximum Gasteiger partial charge on any atom is 0.110 e. The summed E-state index contributed by atoms with van der Waals surface area (Å²) >= 11 is 7.46. The lowest BCUT2D eigenvalue weighted by molar-refractivity contribution is 0.667. The molecule has 0 aliphatic carbocycles. The third kappa shape index (κ3) is 8.19. The summed E-state index contributed by atoms with van der Waals surface area (Å²) in [5, 5.41) is 7.06. The third-order valence-corrected chi connectivity index (χ3v) is 12.5. The predicted molar refractivity (Wildman–Crippen MR) is 191 cm³/mol. The number of rotatable bonds is 18. The minimum absolute atomic E-state index is 1.01. The van der Waals surface area contributed by atoms with Crippen LogP contribution in [0.2, 0.25) is 0 Å². The molecule has 224 valence electrons. The molecule has 5 rings (SSSR count). The molecule has 6 heteroatoms. The Morgan fingerprint density at radius 1 is 0.524 bits per heavy atom. The van der Waals surface area contributed by atoms with Crippen molar-refractivity contribution in [3.8, 4) is 30.1 Å². The highest BCUT2D eigenvalue weighted by atomic mass is 32.1. The van der Waals surface area contributed by atoms with Crippen LogP contribution in [0.25, 0.3) is 41.1 Å². The van der Waals surface area contributed by atoms with Crippen molar-refractivity contribution in [2.45, 2.75) is 117 Å². The van der Waals surface area contributed by atoms with Gasteiger partial charge in [-0.3, -0.25) is 4.98 Å². The summed E-state index contributed by atoms with van der Waals surface area (Å²) in [7, 11) is 0. The van der Waals surface area contributed by atoms with E-state index in [1.54, 1.807) is 0 Å². The van der Waals surface area contributed by atoms with Crippen molar-refractivity contribution in [3.63, 3.8) is 0 Å². The summed E-state index contributed by atoms with van der Waals surface area (Å²) in [5.74, 6) is 0. The van der Waals surface area contributed by atoms with Gasteiger partial charge in [0.05, 0.1) is 26.5 Å². The summed E-state index contributed by atoms with van der Waals surface area (Å²) in [6, 6.07) is 7.19. The normalized spacial score (nSPS) is 11.7. The topological polar surface area (TPSA) is 25.8 Å². The Hall–Kier alpha value is -1.86. The van der Waals surface area contributed by atoms with Crippen LogP contribution in [0.1, 0.15) is 115 Å². The van der Waals surface area contributed by atoms with Crippen LogP contribution in [0.3, 0.4) is 0 Å². The Morgan fingerprint density at radius 2 is 0.976 bits per heavy atom. The van der Waals surface area contributed by atoms with Crippen molar-refractivity contribution in [2.75, 3.05) is 0 Å². The lowest BCUT2D eigenvalue weighted by Gasteiger charge is -2.00. The van der Waals surface area contributed by atoms with Gasteiger partial charge in [-0.05, 0) is 89.6 Å². The Bertz CT molecular complexity index is 1520. The van der Waals surface area contributed by atoms with Crippen LogP contribution in [0.5, 0.6) is 0 Å². The van der Waals surface area contributed by atoms with Gasteiger partial charge in [0.15, 0.2) is 0 Å². The molecule has 0 aliphatic rings. The maximum absolute atomic E-state index is 5.33. The predicted octanol–water partition coefficient (Wildman–Crippen LogP) is 13.2. The van der Waals surface area contributed by atoms with Gasteiger partial charge in [-0.25, -0.2) is 4.98 Å². The molecule has 0 spiro atoms. The van der Waals surface area contributed by atoms with Crippen molar-refractivity contribution in [1.82, 2.24) is 9.97 Å². The quantitative estimate of drug-likeness (QED) is 0.0896. The molecule has 0 atom stereocenters. The number of hydrogen-bond donors (Lipinski definition) is 0. The Kier molecular flexibility index (Phi) is 12.2. The van der Waals surface area contributed by atoms with E-state index in [1.165, 1.54) is 131 Å². The fourth-order valence-electron chi connectivity index (χ4n) is 5.53. The second-order valence-corrected chi connectivity index (χ2v) is 15.4. The largest absolute Gasteiger partial charge is 0.251 e. The zero-order valence-electron chi connectivity index (χ0n) is 25.7. The Morgan fingerprint density at radius 3 is 1.48 bits per heavy atom. The van der Waals surface area contributed by atoms with Crippen molar-refractivity contribution in [2.24, 2.45) is 0 Å². The number of thiophene rings is 4. The van der Waals surface area contributed by atoms with Crippen LogP contribution < -0.4 is 0 Å². The highest BCUT2D eigenvalue weighted by Crippen LogP contribution is 2.46. The zero-order chi connectivity index (χ0) is 29.1. The van der Waals surface area contributed by atoms with Crippen LogP contribution in [-0.2, 0) is 19.3 Å². The number of aromatic nitrogens is 2. The number of fused-ring (bicyclic) bond motifs is 1. The molecule has 42 heavy (non-hydrogen) atoms. The van der Waals surface area contributed by atoms with Crippen molar-refractivity contribution < 1.29 is 0 Å². The molecule has 5 heterocycles. The smallest absolute Gasteiger partial charge is 0.110 e. The second kappa shape index (κ2) is 16.3. The van der Waals surface area contributed by atoms with E-state index in [-0.39, 0.29) is 0 Å². The molecule has 0 N–H and O–H groups in total. The molecule has 0 unspecified atom stereocenters. The molecule has 0 radical (unpaired) electrons. The lowest BCUT2D eigenvalue weighted by atomic mass is 10.1. The first kappa shape index (κ1) is 31.6. The summed E-state index contributed by atoms with van der Waals surface area (Å²) in [5.41, 5.74) is 7.52. The van der Waals surface area contributed by atoms with E-state index < -0.39 is 0 Å². The van der Waals surface area contributed by atoms with Gasteiger partial charge in [0.25, 0.3) is 0 Å². The fraction of sp³-hybridized carbons (Fsp3) is 0.500. The standard InChI is InChI=1S/C36H46N2S4/c1-4-7-10-13-16-26-19-30(39-23-26)29-22-37-33-34(38-29)36(32-21-28(25-41-32)18-15-12-9-6-3)42-35(33)31-20-27(24-40-31)17-14-11-8-5-2/h19-25H,4-18H2,1-3H3. The molecule has 0 amide bonds. The molecule has 0 saturated carbocycles. The van der Waals surface area contributed by atoms with Crippen LogP contribution in [-0.4, -0.2) is 9.97 Å². The van der Waals surface area contributed by atoms with Gasteiger partial charge in [0.1, 0.15) is 11.0 Å². The van der Waals surface area contributed by atoms with E-state index in [1.807, 2.05) is 51.5 Å². The first-order valence-corrected chi connectivity index (χ1v) is 19.7. The molecule has 0 aliphatic heterocycles. The van der Waals surface area contributed by atoms with Gasteiger partial charge >= 0.3 is 0 Å². The van der Waals surface area contributed by atoms with Crippen LogP contribution in [0.15, 0.2) is 40.5 Å². The molecular weight excluding hydrogens is 589 g/mol. The van der Waals surface area contributed by atoms with E-state index in [0.29, 0.717) is 0 Å². The summed E-state index contributed by atoms with van der Waals surface area (Å²) in [4.78, 5) is 16.9. The van der Waals surface area contributed by atoms with Gasteiger partial charge in [-0.15, -0.1) is 45.3 Å². The third-order valence-electron chi connectivity index (χ3n) is 8.03. The number of aryl methyl sites for hydroxylation is 3. The first-order valence-electron chi connectivity index (χ1n) is 16.2. The molecule has 0 bridgehead atoms. The van der Waals surface area contributed by atoms with Crippen molar-refractivity contribution in [3.05, 3.63) is 57.2 Å². The molecule has 0 fully saturated rings. The van der Waals surface area contributed by atoms with Crippen molar-refractivity contribution in [1.29, 1.82) is 0 Å². The van der Waals surface area contributed by atoms with Gasteiger partial charge in [-0.1, -0.05) is 78.6 Å². The minimum atomic E-state index is 1.01. The van der Waals surface area contributed by atoms with E-state index >= 15 is 0 Å². The van der Waals surface area contributed by atoms with Crippen LogP contribution in [0, 0.1) is 0 Å². The highest BCUT2D eigenvalue weighted by Gasteiger charge is 2.21. The average Bonchev–Trinajstić information content (AvgIpc) is 3.82. The Balaban J connectivity index is 1.44. The lowest BCUT2D eigenvalue weighted by Crippen LogP contribution is -1.87. The second-order valence-electron chi connectivity index (χ2n) is 11.6. The van der Waals surface area contributed by atoms with Gasteiger partial charge in [0, 0.05) is 9.75 Å². The average molecular weight is 635 g/mol. The van der Waals surface area contributed by atoms with Crippen molar-refractivity contribution >= 4 is 56.4 Å². The molecule has 5 aromatic rings. The Labute approximate surface area is 269 Å². The van der Waals surface area contributed by atoms with E-state index in [0.717, 1.165) is 23.1 Å². The number of nitrogens with zero attached hydrogens (tertiary/aromatic N) is 2. The first-order chi connectivity index (χ1) is 20.7. The number of hydrogen-bond acceptors (Lipinski definition) is 6. The fourth-order valence-corrected chi connectivity index (χ4v) is 9.75. The van der Waals surface area contributed by atoms with E-state index in [9.17, 15) is 0 Å². The molecule has 0 saturated heterocycles. The summed E-state index contributed by atoms with van der Waals surface area (Å²) < 4.78 is 0. The monoisotopic (exact) mass is 634 g/mol. The van der Waals surface area contributed by atoms with Gasteiger partial charge < -0.3 is 0 Å². The minimum Gasteiger partial charge on any atom is -0.251 e. The zero-order valence-corrected chi connectivity index (χ0v) is 28.9. The summed E-state index contributed by atoms with van der Waals surface area (Å²) in [6.45, 7) is 6.84.